The highest BCUT2D eigenvalue weighted by Gasteiger charge is 2.01. The van der Waals surface area contributed by atoms with E-state index in [4.69, 9.17) is 0 Å². The minimum absolute atomic E-state index is 0.229. The second-order valence-electron chi connectivity index (χ2n) is 3.87. The Morgan fingerprint density at radius 3 is 2.62 bits per heavy atom. The van der Waals surface area contributed by atoms with Gasteiger partial charge in [0.25, 0.3) is 0 Å². The molecule has 0 bridgehead atoms. The first-order chi connectivity index (χ1) is 7.38. The second-order valence-corrected chi connectivity index (χ2v) is 6.99. The van der Waals surface area contributed by atoms with Crippen molar-refractivity contribution in [2.45, 2.75) is 13.3 Å². The molecule has 0 aliphatic carbocycles. The molecule has 1 rings (SSSR count). The lowest BCUT2D eigenvalue weighted by molar-refractivity contribution is 0.600. The normalized spacial score (nSPS) is 11.4. The third-order valence-corrected chi connectivity index (χ3v) is 4.08. The topological polar surface area (TPSA) is 46.2 Å². The Kier molecular flexibility index (Phi) is 4.80. The standard InChI is InChI=1S/C11H16BrNO2S/c1-9-4-5-10(8-11(9)12)13-6-3-7-16(2,14)15/h4-5,8,13H,3,6-7H2,1-2H3. The predicted octanol–water partition coefficient (Wildman–Crippen LogP) is 2.60. The molecule has 1 aromatic rings. The van der Waals surface area contributed by atoms with Crippen LogP contribution in [0, 0.1) is 6.92 Å². The van der Waals surface area contributed by atoms with Crippen LogP contribution in [0.1, 0.15) is 12.0 Å². The highest BCUT2D eigenvalue weighted by molar-refractivity contribution is 9.10. The molecule has 5 heteroatoms. The first-order valence-electron chi connectivity index (χ1n) is 5.06. The molecule has 0 spiro atoms. The summed E-state index contributed by atoms with van der Waals surface area (Å²) in [6.07, 6.45) is 1.89. The molecule has 1 aromatic carbocycles. The lowest BCUT2D eigenvalue weighted by Gasteiger charge is -2.07. The number of rotatable bonds is 5. The zero-order chi connectivity index (χ0) is 12.2. The molecule has 0 fully saturated rings. The fraction of sp³-hybridized carbons (Fsp3) is 0.455. The van der Waals surface area contributed by atoms with Gasteiger partial charge in [-0.2, -0.15) is 0 Å². The molecule has 16 heavy (non-hydrogen) atoms. The fourth-order valence-corrected chi connectivity index (χ4v) is 2.32. The van der Waals surface area contributed by atoms with E-state index in [-0.39, 0.29) is 5.75 Å². The van der Waals surface area contributed by atoms with Crippen LogP contribution in [0.25, 0.3) is 0 Å². The smallest absolute Gasteiger partial charge is 0.147 e. The highest BCUT2D eigenvalue weighted by Crippen LogP contribution is 2.20. The SMILES string of the molecule is Cc1ccc(NCCCS(C)(=O)=O)cc1Br. The van der Waals surface area contributed by atoms with Gasteiger partial charge in [-0.15, -0.1) is 0 Å². The van der Waals surface area contributed by atoms with Gasteiger partial charge < -0.3 is 5.32 Å². The molecule has 0 atom stereocenters. The van der Waals surface area contributed by atoms with Crippen LogP contribution in [0.3, 0.4) is 0 Å². The maximum absolute atomic E-state index is 10.9. The number of hydrogen-bond acceptors (Lipinski definition) is 3. The minimum atomic E-state index is -2.84. The molecule has 0 unspecified atom stereocenters. The molecular weight excluding hydrogens is 290 g/mol. The van der Waals surface area contributed by atoms with Crippen molar-refractivity contribution >= 4 is 31.5 Å². The lowest BCUT2D eigenvalue weighted by atomic mass is 10.2. The summed E-state index contributed by atoms with van der Waals surface area (Å²) in [5, 5.41) is 3.19. The Balaban J connectivity index is 2.41. The van der Waals surface area contributed by atoms with E-state index in [1.54, 1.807) is 0 Å². The van der Waals surface area contributed by atoms with E-state index in [0.717, 1.165) is 10.2 Å². The van der Waals surface area contributed by atoms with Crippen molar-refractivity contribution in [1.82, 2.24) is 0 Å². The molecule has 0 aliphatic rings. The van der Waals surface area contributed by atoms with Gasteiger partial charge in [-0.1, -0.05) is 22.0 Å². The van der Waals surface area contributed by atoms with Crippen LogP contribution >= 0.6 is 15.9 Å². The summed E-state index contributed by atoms with van der Waals surface area (Å²) in [6, 6.07) is 6.00. The average molecular weight is 306 g/mol. The number of halogens is 1. The summed E-state index contributed by atoms with van der Waals surface area (Å²) < 4.78 is 22.9. The van der Waals surface area contributed by atoms with Crippen molar-refractivity contribution in [1.29, 1.82) is 0 Å². The van der Waals surface area contributed by atoms with E-state index in [1.165, 1.54) is 11.8 Å². The van der Waals surface area contributed by atoms with Gasteiger partial charge in [0.1, 0.15) is 9.84 Å². The summed E-state index contributed by atoms with van der Waals surface area (Å²) in [7, 11) is -2.84. The molecule has 0 aromatic heterocycles. The number of aryl methyl sites for hydroxylation is 1. The summed E-state index contributed by atoms with van der Waals surface area (Å²) >= 11 is 3.45. The molecule has 0 aliphatic heterocycles. The molecule has 0 amide bonds. The number of sulfone groups is 1. The van der Waals surface area contributed by atoms with Crippen molar-refractivity contribution in [2.75, 3.05) is 23.9 Å². The maximum atomic E-state index is 10.9. The van der Waals surface area contributed by atoms with E-state index < -0.39 is 9.84 Å². The van der Waals surface area contributed by atoms with Crippen molar-refractivity contribution in [2.24, 2.45) is 0 Å². The quantitative estimate of drug-likeness (QED) is 0.851. The molecule has 0 saturated carbocycles. The van der Waals surface area contributed by atoms with Gasteiger partial charge in [0.15, 0.2) is 0 Å². The zero-order valence-electron chi connectivity index (χ0n) is 9.46. The van der Waals surface area contributed by atoms with Gasteiger partial charge in [0, 0.05) is 23.0 Å². The summed E-state index contributed by atoms with van der Waals surface area (Å²) in [5.74, 6) is 0.229. The van der Waals surface area contributed by atoms with Crippen molar-refractivity contribution in [3.63, 3.8) is 0 Å². The Labute approximate surface area is 105 Å². The number of nitrogens with one attached hydrogen (secondary N) is 1. The molecule has 0 radical (unpaired) electrons. The number of anilines is 1. The van der Waals surface area contributed by atoms with E-state index in [0.29, 0.717) is 13.0 Å². The zero-order valence-corrected chi connectivity index (χ0v) is 11.9. The average Bonchev–Trinajstić information content (AvgIpc) is 2.17. The Hall–Kier alpha value is -0.550. The number of benzene rings is 1. The Bertz CT molecular complexity index is 457. The minimum Gasteiger partial charge on any atom is -0.385 e. The van der Waals surface area contributed by atoms with Crippen LogP contribution in [-0.4, -0.2) is 27.0 Å². The van der Waals surface area contributed by atoms with Crippen LogP contribution in [-0.2, 0) is 9.84 Å². The van der Waals surface area contributed by atoms with Gasteiger partial charge in [0.2, 0.25) is 0 Å². The van der Waals surface area contributed by atoms with Crippen LogP contribution in [0.5, 0.6) is 0 Å². The molecule has 90 valence electrons. The monoisotopic (exact) mass is 305 g/mol. The second kappa shape index (κ2) is 5.68. The summed E-state index contributed by atoms with van der Waals surface area (Å²) in [5.41, 5.74) is 2.19. The molecule has 0 saturated heterocycles. The Morgan fingerprint density at radius 2 is 2.06 bits per heavy atom. The van der Waals surface area contributed by atoms with Gasteiger partial charge in [-0.25, -0.2) is 8.42 Å². The van der Waals surface area contributed by atoms with Gasteiger partial charge in [-0.05, 0) is 31.0 Å². The van der Waals surface area contributed by atoms with Gasteiger partial charge in [-0.3, -0.25) is 0 Å². The van der Waals surface area contributed by atoms with Crippen molar-refractivity contribution < 1.29 is 8.42 Å². The van der Waals surface area contributed by atoms with E-state index in [9.17, 15) is 8.42 Å². The predicted molar refractivity (Wildman–Crippen MR) is 71.7 cm³/mol. The third kappa shape index (κ3) is 4.99. The maximum Gasteiger partial charge on any atom is 0.147 e. The van der Waals surface area contributed by atoms with E-state index in [1.807, 2.05) is 25.1 Å². The first-order valence-corrected chi connectivity index (χ1v) is 7.91. The fourth-order valence-electron chi connectivity index (χ4n) is 1.27. The largest absolute Gasteiger partial charge is 0.385 e. The van der Waals surface area contributed by atoms with Crippen molar-refractivity contribution in [3.8, 4) is 0 Å². The summed E-state index contributed by atoms with van der Waals surface area (Å²) in [4.78, 5) is 0. The van der Waals surface area contributed by atoms with Crippen LogP contribution in [0.2, 0.25) is 0 Å². The third-order valence-electron chi connectivity index (χ3n) is 2.19. The first kappa shape index (κ1) is 13.5. The molecule has 3 nitrogen and oxygen atoms in total. The van der Waals surface area contributed by atoms with Crippen LogP contribution in [0.15, 0.2) is 22.7 Å². The molecule has 0 heterocycles. The lowest BCUT2D eigenvalue weighted by Crippen LogP contribution is -2.09. The molecule has 1 N–H and O–H groups in total. The van der Waals surface area contributed by atoms with Crippen LogP contribution < -0.4 is 5.32 Å². The Morgan fingerprint density at radius 1 is 1.38 bits per heavy atom. The highest BCUT2D eigenvalue weighted by atomic mass is 79.9. The van der Waals surface area contributed by atoms with Gasteiger partial charge >= 0.3 is 0 Å². The van der Waals surface area contributed by atoms with Gasteiger partial charge in [0.05, 0.1) is 5.75 Å². The van der Waals surface area contributed by atoms with E-state index >= 15 is 0 Å². The number of hydrogen-bond donors (Lipinski definition) is 1. The van der Waals surface area contributed by atoms with Crippen LogP contribution in [0.4, 0.5) is 5.69 Å². The summed E-state index contributed by atoms with van der Waals surface area (Å²) in [6.45, 7) is 2.69. The molecular formula is C11H16BrNO2S. The van der Waals surface area contributed by atoms with E-state index in [2.05, 4.69) is 21.2 Å². The van der Waals surface area contributed by atoms with Crippen molar-refractivity contribution in [3.05, 3.63) is 28.2 Å².